The van der Waals surface area contributed by atoms with Crippen LogP contribution >= 0.6 is 0 Å². The molecule has 0 fully saturated rings. The van der Waals surface area contributed by atoms with Crippen LogP contribution in [-0.4, -0.2) is 22.2 Å². The minimum Gasteiger partial charge on any atom is -0.478 e. The highest BCUT2D eigenvalue weighted by molar-refractivity contribution is 5.88. The highest BCUT2D eigenvalue weighted by Gasteiger charge is 2.37. The first-order chi connectivity index (χ1) is 16.4. The fourth-order valence-corrected chi connectivity index (χ4v) is 3.70. The summed E-state index contributed by atoms with van der Waals surface area (Å²) >= 11 is 0. The minimum atomic E-state index is -1.02. The number of carbonyl (C=O) groups is 2. The monoisotopic (exact) mass is 452 g/mol. The second-order valence-corrected chi connectivity index (χ2v) is 7.65. The fourth-order valence-electron chi connectivity index (χ4n) is 3.70. The molecule has 0 aromatic heterocycles. The molecule has 1 aliphatic carbocycles. The molecule has 3 aromatic rings. The van der Waals surface area contributed by atoms with Crippen LogP contribution in [0.2, 0.25) is 0 Å². The third-order valence-corrected chi connectivity index (χ3v) is 5.32. The molecular weight excluding hydrogens is 432 g/mol. The van der Waals surface area contributed by atoms with Crippen molar-refractivity contribution in [3.8, 4) is 23.8 Å². The van der Waals surface area contributed by atoms with Crippen LogP contribution in [0, 0.1) is 12.3 Å². The summed E-state index contributed by atoms with van der Waals surface area (Å²) in [5.41, 5.74) is 0.674. The van der Waals surface area contributed by atoms with Gasteiger partial charge >= 0.3 is 11.9 Å². The van der Waals surface area contributed by atoms with Crippen molar-refractivity contribution >= 4 is 11.9 Å². The van der Waals surface area contributed by atoms with Gasteiger partial charge in [0.1, 0.15) is 17.3 Å². The van der Waals surface area contributed by atoms with Crippen LogP contribution in [0.1, 0.15) is 32.7 Å². The maximum absolute atomic E-state index is 11.2. The van der Waals surface area contributed by atoms with E-state index in [1.165, 1.54) is 24.3 Å². The van der Waals surface area contributed by atoms with E-state index in [0.717, 1.165) is 5.56 Å². The topological polar surface area (TPSA) is 93.1 Å². The smallest absolute Gasteiger partial charge is 0.335 e. The molecule has 1 atom stereocenters. The Morgan fingerprint density at radius 1 is 0.824 bits per heavy atom. The third kappa shape index (κ3) is 4.84. The number of hydrogen-bond acceptors (Lipinski definition) is 4. The van der Waals surface area contributed by atoms with Gasteiger partial charge in [-0.2, -0.15) is 0 Å². The van der Waals surface area contributed by atoms with Crippen molar-refractivity contribution < 1.29 is 29.3 Å². The van der Waals surface area contributed by atoms with Crippen molar-refractivity contribution in [2.24, 2.45) is 0 Å². The van der Waals surface area contributed by atoms with Crippen LogP contribution < -0.4 is 9.47 Å². The average molecular weight is 452 g/mol. The third-order valence-electron chi connectivity index (χ3n) is 5.32. The molecule has 0 amide bonds. The molecule has 0 heterocycles. The molecular formula is C28H20O6. The van der Waals surface area contributed by atoms with Gasteiger partial charge in [0.2, 0.25) is 0 Å². The Kier molecular flexibility index (Phi) is 6.20. The Morgan fingerprint density at radius 2 is 1.38 bits per heavy atom. The Hall–Kier alpha value is -4.76. The van der Waals surface area contributed by atoms with E-state index in [4.69, 9.17) is 21.0 Å². The van der Waals surface area contributed by atoms with Gasteiger partial charge in [-0.1, -0.05) is 36.3 Å². The normalized spacial score (nSPS) is 17.0. The van der Waals surface area contributed by atoms with E-state index >= 15 is 0 Å². The Morgan fingerprint density at radius 3 is 1.91 bits per heavy atom. The van der Waals surface area contributed by atoms with Gasteiger partial charge in [0.25, 0.3) is 0 Å². The number of allylic oxidation sites excluding steroid dienone is 2. The lowest BCUT2D eigenvalue weighted by molar-refractivity contribution is 0.0686. The van der Waals surface area contributed by atoms with E-state index in [2.05, 4.69) is 5.92 Å². The zero-order valence-corrected chi connectivity index (χ0v) is 18.0. The maximum atomic E-state index is 11.2. The summed E-state index contributed by atoms with van der Waals surface area (Å²) in [5, 5.41) is 18.3. The molecule has 4 rings (SSSR count). The van der Waals surface area contributed by atoms with Crippen molar-refractivity contribution in [2.45, 2.75) is 12.0 Å². The number of terminal acetylenes is 1. The molecule has 0 spiro atoms. The lowest BCUT2D eigenvalue weighted by atomic mass is 9.83. The highest BCUT2D eigenvalue weighted by Crippen LogP contribution is 2.40. The Balaban J connectivity index is 1.70. The molecule has 2 N–H and O–H groups in total. The zero-order chi connectivity index (χ0) is 24.1. The fraction of sp³-hybridized carbons (Fsp3) is 0.0714. The van der Waals surface area contributed by atoms with Crippen LogP contribution in [0.4, 0.5) is 0 Å². The van der Waals surface area contributed by atoms with E-state index in [1.54, 1.807) is 30.3 Å². The number of rotatable bonds is 7. The van der Waals surface area contributed by atoms with Gasteiger partial charge in [-0.3, -0.25) is 0 Å². The molecule has 0 bridgehead atoms. The molecule has 0 saturated heterocycles. The van der Waals surface area contributed by atoms with Crippen molar-refractivity contribution in [1.82, 2.24) is 0 Å². The summed E-state index contributed by atoms with van der Waals surface area (Å²) in [5.74, 6) is 2.06. The standard InChI is InChI=1S/C28H20O6/c1-2-19-16-25(33-23-12-8-20(9-13-23)26(29)30)18-28(17-19,22-6-4-3-5-7-22)34-24-14-10-21(11-15-24)27(31)32/h1,3-17H,18H2,(H,29,30)(H,31,32). The van der Waals surface area contributed by atoms with Crippen LogP contribution in [0.5, 0.6) is 11.5 Å². The van der Waals surface area contributed by atoms with Crippen LogP contribution in [0.15, 0.2) is 102 Å². The Labute approximate surface area is 196 Å². The molecule has 6 heteroatoms. The second-order valence-electron chi connectivity index (χ2n) is 7.65. The SMILES string of the molecule is C#CC1=CC(Oc2ccc(C(=O)O)cc2)(c2ccccc2)CC(Oc2ccc(C(=O)O)cc2)=C1. The first-order valence-electron chi connectivity index (χ1n) is 10.4. The quantitative estimate of drug-likeness (QED) is 0.474. The maximum Gasteiger partial charge on any atom is 0.335 e. The van der Waals surface area contributed by atoms with Crippen molar-refractivity contribution in [3.05, 3.63) is 119 Å². The van der Waals surface area contributed by atoms with E-state index in [0.29, 0.717) is 29.3 Å². The van der Waals surface area contributed by atoms with Crippen molar-refractivity contribution in [1.29, 1.82) is 0 Å². The summed E-state index contributed by atoms with van der Waals surface area (Å²) in [6.45, 7) is 0. The predicted molar refractivity (Wildman–Crippen MR) is 126 cm³/mol. The van der Waals surface area contributed by atoms with E-state index in [9.17, 15) is 14.7 Å². The molecule has 6 nitrogen and oxygen atoms in total. The lowest BCUT2D eigenvalue weighted by Crippen LogP contribution is -2.34. The van der Waals surface area contributed by atoms with E-state index in [-0.39, 0.29) is 11.1 Å². The average Bonchev–Trinajstić information content (AvgIpc) is 2.85. The van der Waals surface area contributed by atoms with Crippen molar-refractivity contribution in [3.63, 3.8) is 0 Å². The molecule has 34 heavy (non-hydrogen) atoms. The molecule has 0 aliphatic heterocycles. The number of benzene rings is 3. The molecule has 0 saturated carbocycles. The molecule has 3 aromatic carbocycles. The first-order valence-corrected chi connectivity index (χ1v) is 10.4. The lowest BCUT2D eigenvalue weighted by Gasteiger charge is -2.35. The number of hydrogen-bond donors (Lipinski definition) is 2. The van der Waals surface area contributed by atoms with Crippen molar-refractivity contribution in [2.75, 3.05) is 0 Å². The molecule has 1 unspecified atom stereocenters. The van der Waals surface area contributed by atoms with Gasteiger partial charge in [0.05, 0.1) is 17.5 Å². The summed E-state index contributed by atoms with van der Waals surface area (Å²) in [6, 6.07) is 21.7. The van der Waals surface area contributed by atoms with Gasteiger partial charge in [0, 0.05) is 5.57 Å². The van der Waals surface area contributed by atoms with Crippen LogP contribution in [-0.2, 0) is 5.60 Å². The summed E-state index contributed by atoms with van der Waals surface area (Å²) in [6.07, 6.45) is 9.63. The summed E-state index contributed by atoms with van der Waals surface area (Å²) in [4.78, 5) is 22.3. The van der Waals surface area contributed by atoms with Gasteiger partial charge in [-0.05, 0) is 66.2 Å². The highest BCUT2D eigenvalue weighted by atomic mass is 16.5. The van der Waals surface area contributed by atoms with Gasteiger partial charge in [0.15, 0.2) is 5.60 Å². The summed E-state index contributed by atoms with van der Waals surface area (Å²) in [7, 11) is 0. The number of aromatic carboxylic acids is 2. The van der Waals surface area contributed by atoms with Gasteiger partial charge in [-0.15, -0.1) is 6.42 Å². The minimum absolute atomic E-state index is 0.151. The van der Waals surface area contributed by atoms with Gasteiger partial charge in [-0.25, -0.2) is 9.59 Å². The first kappa shape index (κ1) is 22.4. The predicted octanol–water partition coefficient (Wildman–Crippen LogP) is 5.28. The molecule has 168 valence electrons. The zero-order valence-electron chi connectivity index (χ0n) is 18.0. The summed E-state index contributed by atoms with van der Waals surface area (Å²) < 4.78 is 12.5. The molecule has 0 radical (unpaired) electrons. The van der Waals surface area contributed by atoms with E-state index in [1.807, 2.05) is 36.4 Å². The number of ether oxygens (including phenoxy) is 2. The largest absolute Gasteiger partial charge is 0.478 e. The second kappa shape index (κ2) is 9.39. The number of carboxylic acid groups (broad SMARTS) is 2. The van der Waals surface area contributed by atoms with E-state index < -0.39 is 17.5 Å². The Bertz CT molecular complexity index is 1310. The van der Waals surface area contributed by atoms with Crippen LogP contribution in [0.3, 0.4) is 0 Å². The van der Waals surface area contributed by atoms with Gasteiger partial charge < -0.3 is 19.7 Å². The molecule has 1 aliphatic rings. The van der Waals surface area contributed by atoms with Crippen LogP contribution in [0.25, 0.3) is 0 Å². The number of carboxylic acids is 2.